The molecular formula is C15H17N3O2S. The fourth-order valence-corrected chi connectivity index (χ4v) is 3.14. The Kier molecular flexibility index (Phi) is 4.55. The van der Waals surface area contributed by atoms with Gasteiger partial charge in [-0.2, -0.15) is 11.8 Å². The first kappa shape index (κ1) is 14.1. The molecule has 0 unspecified atom stereocenters. The number of thioether (sulfide) groups is 1. The van der Waals surface area contributed by atoms with E-state index >= 15 is 0 Å². The Morgan fingerprint density at radius 3 is 2.71 bits per heavy atom. The zero-order chi connectivity index (χ0) is 14.5. The molecule has 1 aliphatic heterocycles. The van der Waals surface area contributed by atoms with Crippen molar-refractivity contribution in [3.8, 4) is 11.5 Å². The second kappa shape index (κ2) is 6.76. The maximum absolute atomic E-state index is 12.1. The summed E-state index contributed by atoms with van der Waals surface area (Å²) < 4.78 is 5.61. The molecule has 21 heavy (non-hydrogen) atoms. The Labute approximate surface area is 127 Å². The molecule has 110 valence electrons. The summed E-state index contributed by atoms with van der Waals surface area (Å²) in [5, 5.41) is 8.05. The number of aryl methyl sites for hydroxylation is 1. The largest absolute Gasteiger partial charge is 0.421 e. The average Bonchev–Trinajstić information content (AvgIpc) is 3.03. The smallest absolute Gasteiger partial charge is 0.247 e. The van der Waals surface area contributed by atoms with Gasteiger partial charge in [0.05, 0.1) is 0 Å². The topological polar surface area (TPSA) is 59.2 Å². The fourth-order valence-electron chi connectivity index (χ4n) is 2.24. The van der Waals surface area contributed by atoms with Crippen molar-refractivity contribution in [1.82, 2.24) is 15.1 Å². The second-order valence-corrected chi connectivity index (χ2v) is 6.08. The van der Waals surface area contributed by atoms with Gasteiger partial charge in [-0.05, 0) is 12.1 Å². The van der Waals surface area contributed by atoms with Gasteiger partial charge >= 0.3 is 0 Å². The van der Waals surface area contributed by atoms with Crippen LogP contribution < -0.4 is 0 Å². The highest BCUT2D eigenvalue weighted by molar-refractivity contribution is 7.99. The molecule has 5 nitrogen and oxygen atoms in total. The number of aromatic nitrogens is 2. The van der Waals surface area contributed by atoms with E-state index in [2.05, 4.69) is 10.2 Å². The van der Waals surface area contributed by atoms with Crippen LogP contribution in [0.25, 0.3) is 11.5 Å². The van der Waals surface area contributed by atoms with Crippen molar-refractivity contribution < 1.29 is 9.21 Å². The molecule has 6 heteroatoms. The number of carbonyl (C=O) groups excluding carboxylic acids is 1. The predicted octanol–water partition coefficient (Wildman–Crippen LogP) is 2.24. The van der Waals surface area contributed by atoms with Crippen molar-refractivity contribution in [1.29, 1.82) is 0 Å². The van der Waals surface area contributed by atoms with Gasteiger partial charge in [-0.3, -0.25) is 4.79 Å². The van der Waals surface area contributed by atoms with Crippen molar-refractivity contribution in [2.75, 3.05) is 24.6 Å². The molecule has 2 heterocycles. The van der Waals surface area contributed by atoms with E-state index in [1.54, 1.807) is 0 Å². The highest BCUT2D eigenvalue weighted by Crippen LogP contribution is 2.18. The third-order valence-corrected chi connectivity index (χ3v) is 4.35. The molecule has 0 N–H and O–H groups in total. The van der Waals surface area contributed by atoms with Crippen LogP contribution in [-0.2, 0) is 11.2 Å². The van der Waals surface area contributed by atoms with Gasteiger partial charge in [0, 0.05) is 43.0 Å². The first-order valence-electron chi connectivity index (χ1n) is 7.06. The summed E-state index contributed by atoms with van der Waals surface area (Å²) in [6, 6.07) is 9.65. The average molecular weight is 303 g/mol. The van der Waals surface area contributed by atoms with Gasteiger partial charge in [0.15, 0.2) is 0 Å². The molecule has 1 amide bonds. The van der Waals surface area contributed by atoms with Gasteiger partial charge in [0.2, 0.25) is 17.7 Å². The van der Waals surface area contributed by atoms with Crippen molar-refractivity contribution in [3.05, 3.63) is 36.2 Å². The van der Waals surface area contributed by atoms with Crippen LogP contribution >= 0.6 is 11.8 Å². The zero-order valence-electron chi connectivity index (χ0n) is 11.7. The molecule has 0 radical (unpaired) electrons. The third-order valence-electron chi connectivity index (χ3n) is 3.40. The van der Waals surface area contributed by atoms with Gasteiger partial charge in [-0.1, -0.05) is 18.2 Å². The fraction of sp³-hybridized carbons (Fsp3) is 0.400. The van der Waals surface area contributed by atoms with Crippen LogP contribution in [0.4, 0.5) is 0 Å². The van der Waals surface area contributed by atoms with Crippen LogP contribution in [0.1, 0.15) is 12.3 Å². The number of amides is 1. The molecule has 0 saturated carbocycles. The predicted molar refractivity (Wildman–Crippen MR) is 82.0 cm³/mol. The number of hydrogen-bond donors (Lipinski definition) is 0. The summed E-state index contributed by atoms with van der Waals surface area (Å²) in [4.78, 5) is 14.0. The lowest BCUT2D eigenvalue weighted by Gasteiger charge is -2.26. The molecule has 1 aromatic heterocycles. The third kappa shape index (κ3) is 3.64. The number of hydrogen-bond acceptors (Lipinski definition) is 5. The van der Waals surface area contributed by atoms with E-state index in [0.717, 1.165) is 30.2 Å². The van der Waals surface area contributed by atoms with E-state index in [9.17, 15) is 4.79 Å². The van der Waals surface area contributed by atoms with Gasteiger partial charge in [0.1, 0.15) is 0 Å². The van der Waals surface area contributed by atoms with Gasteiger partial charge < -0.3 is 9.32 Å². The Morgan fingerprint density at radius 2 is 1.95 bits per heavy atom. The lowest BCUT2D eigenvalue weighted by Crippen LogP contribution is -2.37. The Morgan fingerprint density at radius 1 is 1.19 bits per heavy atom. The van der Waals surface area contributed by atoms with Crippen molar-refractivity contribution in [2.45, 2.75) is 12.8 Å². The maximum atomic E-state index is 12.1. The number of nitrogens with zero attached hydrogens (tertiary/aromatic N) is 3. The van der Waals surface area contributed by atoms with E-state index in [4.69, 9.17) is 4.42 Å². The van der Waals surface area contributed by atoms with E-state index in [1.165, 1.54) is 0 Å². The molecule has 1 aliphatic rings. The molecule has 2 aromatic rings. The minimum absolute atomic E-state index is 0.176. The molecular weight excluding hydrogens is 286 g/mol. The highest BCUT2D eigenvalue weighted by Gasteiger charge is 2.17. The lowest BCUT2D eigenvalue weighted by molar-refractivity contribution is -0.130. The molecule has 1 aromatic carbocycles. The first-order chi connectivity index (χ1) is 10.3. The lowest BCUT2D eigenvalue weighted by atomic mass is 10.2. The van der Waals surface area contributed by atoms with Gasteiger partial charge in [-0.25, -0.2) is 0 Å². The van der Waals surface area contributed by atoms with Crippen molar-refractivity contribution in [2.24, 2.45) is 0 Å². The van der Waals surface area contributed by atoms with Gasteiger partial charge in [0.25, 0.3) is 0 Å². The summed E-state index contributed by atoms with van der Waals surface area (Å²) in [5.74, 6) is 3.27. The monoisotopic (exact) mass is 303 g/mol. The quantitative estimate of drug-likeness (QED) is 0.867. The summed E-state index contributed by atoms with van der Waals surface area (Å²) >= 11 is 1.90. The van der Waals surface area contributed by atoms with Crippen LogP contribution in [-0.4, -0.2) is 45.6 Å². The zero-order valence-corrected chi connectivity index (χ0v) is 12.5. The normalized spacial score (nSPS) is 15.1. The molecule has 0 bridgehead atoms. The Balaban J connectivity index is 1.56. The standard InChI is InChI=1S/C15H17N3O2S/c19-14(18-8-10-21-11-9-18)7-6-13-16-17-15(20-13)12-4-2-1-3-5-12/h1-5H,6-11H2. The van der Waals surface area contributed by atoms with Crippen LogP contribution in [0, 0.1) is 0 Å². The summed E-state index contributed by atoms with van der Waals surface area (Å²) in [5.41, 5.74) is 0.899. The molecule has 1 saturated heterocycles. The summed E-state index contributed by atoms with van der Waals surface area (Å²) in [7, 11) is 0. The first-order valence-corrected chi connectivity index (χ1v) is 8.22. The Hall–Kier alpha value is -1.82. The molecule has 0 atom stereocenters. The minimum atomic E-state index is 0.176. The second-order valence-electron chi connectivity index (χ2n) is 4.86. The van der Waals surface area contributed by atoms with E-state index in [1.807, 2.05) is 47.0 Å². The van der Waals surface area contributed by atoms with Crippen molar-refractivity contribution in [3.63, 3.8) is 0 Å². The van der Waals surface area contributed by atoms with Crippen LogP contribution in [0.5, 0.6) is 0 Å². The molecule has 0 spiro atoms. The number of rotatable bonds is 4. The highest BCUT2D eigenvalue weighted by atomic mass is 32.2. The SMILES string of the molecule is O=C(CCc1nnc(-c2ccccc2)o1)N1CCSCC1. The summed E-state index contributed by atoms with van der Waals surface area (Å²) in [6.45, 7) is 1.70. The molecule has 0 aliphatic carbocycles. The van der Waals surface area contributed by atoms with Crippen LogP contribution in [0.2, 0.25) is 0 Å². The number of carbonyl (C=O) groups is 1. The molecule has 3 rings (SSSR count). The van der Waals surface area contributed by atoms with Crippen LogP contribution in [0.15, 0.2) is 34.7 Å². The molecule has 1 fully saturated rings. The number of benzene rings is 1. The van der Waals surface area contributed by atoms with Crippen molar-refractivity contribution >= 4 is 17.7 Å². The van der Waals surface area contributed by atoms with E-state index in [-0.39, 0.29) is 5.91 Å². The summed E-state index contributed by atoms with van der Waals surface area (Å²) in [6.07, 6.45) is 0.934. The van der Waals surface area contributed by atoms with Gasteiger partial charge in [-0.15, -0.1) is 10.2 Å². The minimum Gasteiger partial charge on any atom is -0.421 e. The van der Waals surface area contributed by atoms with E-state index < -0.39 is 0 Å². The van der Waals surface area contributed by atoms with Crippen LogP contribution in [0.3, 0.4) is 0 Å². The maximum Gasteiger partial charge on any atom is 0.247 e. The Bertz CT molecular complexity index is 594. The van der Waals surface area contributed by atoms with E-state index in [0.29, 0.717) is 24.6 Å².